The maximum Gasteiger partial charge on any atom is 0.237 e. The Labute approximate surface area is 103 Å². The molecule has 94 valence electrons. The van der Waals surface area contributed by atoms with Gasteiger partial charge in [0.15, 0.2) is 0 Å². The fourth-order valence-electron chi connectivity index (χ4n) is 1.68. The molecule has 1 aromatic rings. The monoisotopic (exact) mass is 234 g/mol. The molecule has 1 amide bonds. The van der Waals surface area contributed by atoms with Crippen molar-refractivity contribution in [2.24, 2.45) is 5.73 Å². The Morgan fingerprint density at radius 2 is 2.12 bits per heavy atom. The molecule has 3 N–H and O–H groups in total. The lowest BCUT2D eigenvalue weighted by molar-refractivity contribution is -0.122. The summed E-state index contributed by atoms with van der Waals surface area (Å²) in [5, 5.41) is 2.88. The van der Waals surface area contributed by atoms with E-state index in [0.717, 1.165) is 24.8 Å². The summed E-state index contributed by atoms with van der Waals surface area (Å²) in [4.78, 5) is 11.7. The fraction of sp³-hybridized carbons (Fsp3) is 0.500. The third-order valence-electron chi connectivity index (χ3n) is 2.92. The van der Waals surface area contributed by atoms with E-state index >= 15 is 0 Å². The average molecular weight is 234 g/mol. The Morgan fingerprint density at radius 3 is 2.76 bits per heavy atom. The first-order valence-electron chi connectivity index (χ1n) is 6.23. The number of hydrogen-bond acceptors (Lipinski definition) is 2. The number of benzene rings is 1. The van der Waals surface area contributed by atoms with Gasteiger partial charge in [-0.05, 0) is 24.5 Å². The molecule has 1 aromatic carbocycles. The van der Waals surface area contributed by atoms with Crippen molar-refractivity contribution in [3.8, 4) is 0 Å². The smallest absolute Gasteiger partial charge is 0.237 e. The van der Waals surface area contributed by atoms with Crippen LogP contribution in [0.4, 0.5) is 0 Å². The molecule has 0 fully saturated rings. The molecule has 0 unspecified atom stereocenters. The zero-order valence-corrected chi connectivity index (χ0v) is 10.7. The molecule has 3 heteroatoms. The van der Waals surface area contributed by atoms with Gasteiger partial charge in [-0.1, -0.05) is 44.0 Å². The van der Waals surface area contributed by atoms with Crippen LogP contribution in [0, 0.1) is 6.92 Å². The third kappa shape index (κ3) is 4.57. The number of amides is 1. The van der Waals surface area contributed by atoms with Crippen molar-refractivity contribution in [3.05, 3.63) is 35.4 Å². The summed E-state index contributed by atoms with van der Waals surface area (Å²) in [7, 11) is 0. The van der Waals surface area contributed by atoms with Gasteiger partial charge in [-0.2, -0.15) is 0 Å². The summed E-state index contributed by atoms with van der Waals surface area (Å²) in [5.74, 6) is -0.0540. The molecule has 0 aliphatic heterocycles. The zero-order chi connectivity index (χ0) is 12.7. The van der Waals surface area contributed by atoms with Crippen molar-refractivity contribution >= 4 is 5.91 Å². The second kappa shape index (κ2) is 7.07. The van der Waals surface area contributed by atoms with Crippen LogP contribution in [0.5, 0.6) is 0 Å². The molecule has 0 radical (unpaired) electrons. The second-order valence-electron chi connectivity index (χ2n) is 4.39. The van der Waals surface area contributed by atoms with Crippen molar-refractivity contribution in [3.63, 3.8) is 0 Å². The quantitative estimate of drug-likeness (QED) is 0.792. The maximum absolute atomic E-state index is 11.7. The van der Waals surface area contributed by atoms with E-state index in [1.54, 1.807) is 0 Å². The van der Waals surface area contributed by atoms with Gasteiger partial charge in [-0.15, -0.1) is 0 Å². The zero-order valence-electron chi connectivity index (χ0n) is 10.7. The molecule has 1 rings (SSSR count). The number of hydrogen-bond donors (Lipinski definition) is 2. The standard InChI is InChI=1S/C14H22N2O/c1-3-4-9-13(15)14(17)16-10-12-8-6-5-7-11(12)2/h5-8,13H,3-4,9-10,15H2,1-2H3,(H,16,17)/t13-/m0/s1. The van der Waals surface area contributed by atoms with Gasteiger partial charge < -0.3 is 11.1 Å². The second-order valence-corrected chi connectivity index (χ2v) is 4.39. The topological polar surface area (TPSA) is 55.1 Å². The lowest BCUT2D eigenvalue weighted by Crippen LogP contribution is -2.40. The van der Waals surface area contributed by atoms with E-state index in [1.165, 1.54) is 5.56 Å². The van der Waals surface area contributed by atoms with E-state index in [4.69, 9.17) is 5.73 Å². The number of aryl methyl sites for hydroxylation is 1. The van der Waals surface area contributed by atoms with Crippen LogP contribution in [0.1, 0.15) is 37.3 Å². The van der Waals surface area contributed by atoms with Crippen LogP contribution < -0.4 is 11.1 Å². The van der Waals surface area contributed by atoms with Crippen molar-refractivity contribution < 1.29 is 4.79 Å². The van der Waals surface area contributed by atoms with Gasteiger partial charge in [0.1, 0.15) is 0 Å². The highest BCUT2D eigenvalue weighted by atomic mass is 16.2. The first-order valence-corrected chi connectivity index (χ1v) is 6.23. The molecule has 0 aromatic heterocycles. The minimum Gasteiger partial charge on any atom is -0.351 e. The SMILES string of the molecule is CCCC[C@H](N)C(=O)NCc1ccccc1C. The minimum absolute atomic E-state index is 0.0540. The molecule has 0 spiro atoms. The van der Waals surface area contributed by atoms with Crippen molar-refractivity contribution in [1.29, 1.82) is 0 Å². The van der Waals surface area contributed by atoms with E-state index in [-0.39, 0.29) is 11.9 Å². The molecule has 0 saturated carbocycles. The summed E-state index contributed by atoms with van der Waals surface area (Å²) < 4.78 is 0. The summed E-state index contributed by atoms with van der Waals surface area (Å²) >= 11 is 0. The largest absolute Gasteiger partial charge is 0.351 e. The number of carbonyl (C=O) groups excluding carboxylic acids is 1. The molecule has 0 saturated heterocycles. The highest BCUT2D eigenvalue weighted by Crippen LogP contribution is 2.06. The molecule has 0 aliphatic rings. The van der Waals surface area contributed by atoms with E-state index in [9.17, 15) is 4.79 Å². The highest BCUT2D eigenvalue weighted by molar-refractivity contribution is 5.81. The predicted molar refractivity (Wildman–Crippen MR) is 70.5 cm³/mol. The van der Waals surface area contributed by atoms with Crippen molar-refractivity contribution in [2.75, 3.05) is 0 Å². The predicted octanol–water partition coefficient (Wildman–Crippen LogP) is 2.13. The Bertz CT molecular complexity index is 363. The number of unbranched alkanes of at least 4 members (excludes halogenated alkanes) is 1. The van der Waals surface area contributed by atoms with Crippen LogP contribution >= 0.6 is 0 Å². The molecule has 17 heavy (non-hydrogen) atoms. The van der Waals surface area contributed by atoms with Gasteiger partial charge in [-0.25, -0.2) is 0 Å². The Hall–Kier alpha value is -1.35. The highest BCUT2D eigenvalue weighted by Gasteiger charge is 2.12. The number of nitrogens with two attached hydrogens (primary N) is 1. The van der Waals surface area contributed by atoms with E-state index < -0.39 is 0 Å². The van der Waals surface area contributed by atoms with Crippen LogP contribution in [0.15, 0.2) is 24.3 Å². The summed E-state index contributed by atoms with van der Waals surface area (Å²) in [6, 6.07) is 7.66. The molecule has 0 heterocycles. The van der Waals surface area contributed by atoms with Gasteiger partial charge in [0.05, 0.1) is 6.04 Å². The van der Waals surface area contributed by atoms with E-state index in [2.05, 4.69) is 12.2 Å². The Kier molecular flexibility index (Phi) is 5.70. The lowest BCUT2D eigenvalue weighted by atomic mass is 10.1. The van der Waals surface area contributed by atoms with Crippen LogP contribution in [0.25, 0.3) is 0 Å². The van der Waals surface area contributed by atoms with Crippen LogP contribution in [-0.4, -0.2) is 11.9 Å². The molecular formula is C14H22N2O. The normalized spacial score (nSPS) is 12.2. The molecular weight excluding hydrogens is 212 g/mol. The first-order chi connectivity index (χ1) is 8.15. The maximum atomic E-state index is 11.7. The summed E-state index contributed by atoms with van der Waals surface area (Å²) in [6.07, 6.45) is 2.83. The Balaban J connectivity index is 2.40. The number of nitrogens with one attached hydrogen (secondary N) is 1. The lowest BCUT2D eigenvalue weighted by Gasteiger charge is -2.12. The van der Waals surface area contributed by atoms with Gasteiger partial charge in [-0.3, -0.25) is 4.79 Å². The van der Waals surface area contributed by atoms with Crippen molar-refractivity contribution in [1.82, 2.24) is 5.32 Å². The Morgan fingerprint density at radius 1 is 1.41 bits per heavy atom. The van der Waals surface area contributed by atoms with Gasteiger partial charge >= 0.3 is 0 Å². The first kappa shape index (κ1) is 13.7. The third-order valence-corrected chi connectivity index (χ3v) is 2.92. The molecule has 3 nitrogen and oxygen atoms in total. The van der Waals surface area contributed by atoms with Gasteiger partial charge in [0.25, 0.3) is 0 Å². The molecule has 1 atom stereocenters. The van der Waals surface area contributed by atoms with Crippen molar-refractivity contribution in [2.45, 2.75) is 45.7 Å². The van der Waals surface area contributed by atoms with Crippen LogP contribution in [-0.2, 0) is 11.3 Å². The number of carbonyl (C=O) groups is 1. The molecule has 0 aliphatic carbocycles. The number of rotatable bonds is 6. The van der Waals surface area contributed by atoms with E-state index in [1.807, 2.05) is 31.2 Å². The van der Waals surface area contributed by atoms with E-state index in [0.29, 0.717) is 6.54 Å². The van der Waals surface area contributed by atoms with Crippen LogP contribution in [0.3, 0.4) is 0 Å². The fourth-order valence-corrected chi connectivity index (χ4v) is 1.68. The summed E-state index contributed by atoms with van der Waals surface area (Å²) in [6.45, 7) is 4.70. The van der Waals surface area contributed by atoms with Gasteiger partial charge in [0.2, 0.25) is 5.91 Å². The molecule has 0 bridgehead atoms. The summed E-state index contributed by atoms with van der Waals surface area (Å²) in [5.41, 5.74) is 8.13. The van der Waals surface area contributed by atoms with Gasteiger partial charge in [0, 0.05) is 6.54 Å². The minimum atomic E-state index is -0.376. The average Bonchev–Trinajstić information content (AvgIpc) is 2.34. The van der Waals surface area contributed by atoms with Crippen LogP contribution in [0.2, 0.25) is 0 Å².